The molecule has 1 aliphatic heterocycles. The molecule has 0 radical (unpaired) electrons. The summed E-state index contributed by atoms with van der Waals surface area (Å²) >= 11 is 13.0. The van der Waals surface area contributed by atoms with Gasteiger partial charge >= 0.3 is 5.97 Å². The number of imidazole rings is 1. The number of allylic oxidation sites excluding steroid dienone is 1. The highest BCUT2D eigenvalue weighted by Gasteiger charge is 2.51. The van der Waals surface area contributed by atoms with E-state index >= 15 is 0 Å². The van der Waals surface area contributed by atoms with Gasteiger partial charge in [0.25, 0.3) is 0 Å². The number of anilines is 1. The van der Waals surface area contributed by atoms with Crippen LogP contribution in [0.25, 0.3) is 22.6 Å². The molecule has 2 bridgehead atoms. The van der Waals surface area contributed by atoms with Gasteiger partial charge < -0.3 is 19.5 Å². The van der Waals surface area contributed by atoms with Crippen LogP contribution in [0.3, 0.4) is 0 Å². The molecule has 3 heterocycles. The number of aromatic nitrogens is 4. The maximum absolute atomic E-state index is 12.4. The van der Waals surface area contributed by atoms with Gasteiger partial charge in [0, 0.05) is 36.3 Å². The standard InChI is InChI=1S/C35H42Cl2N6O2/c1-3-4-29(44)45-35-15-12-34(13-16-35,14-17-35)22-43-31(28-9-18-38-33(40-28)39-25-6-7-25)30(24-5-8-26(36)27(37)21-24)41-32(43)23-10-19-42(2)20-11-23/h3-5,8-9,18,21,23,25H,6-7,10-17,19-20,22H2,1-2H3,(H,38,39,40). The molecule has 2 aromatic heterocycles. The zero-order valence-corrected chi connectivity index (χ0v) is 27.7. The summed E-state index contributed by atoms with van der Waals surface area (Å²) in [5.74, 6) is 1.90. The lowest BCUT2D eigenvalue weighted by Gasteiger charge is -2.53. The lowest BCUT2D eigenvalue weighted by molar-refractivity contribution is -0.172. The SMILES string of the molecule is CC=CC(=O)OC12CCC(Cn3c(C4CCN(C)CC4)nc(-c4ccc(Cl)c(Cl)c4)c3-c3ccnc(NC4CC4)n3)(CC1)CC2. The molecule has 3 aromatic rings. The smallest absolute Gasteiger partial charge is 0.330 e. The zero-order chi connectivity index (χ0) is 31.2. The molecule has 8 nitrogen and oxygen atoms in total. The first kappa shape index (κ1) is 30.7. The third kappa shape index (κ3) is 6.38. The Morgan fingerprint density at radius 2 is 1.76 bits per heavy atom. The van der Waals surface area contributed by atoms with Crippen LogP contribution in [0.2, 0.25) is 10.0 Å². The first-order valence-corrected chi connectivity index (χ1v) is 17.2. The average molecular weight is 650 g/mol. The van der Waals surface area contributed by atoms with E-state index in [0.29, 0.717) is 28.0 Å². The molecule has 0 spiro atoms. The van der Waals surface area contributed by atoms with Crippen LogP contribution in [0.4, 0.5) is 5.95 Å². The van der Waals surface area contributed by atoms with E-state index in [1.807, 2.05) is 37.4 Å². The van der Waals surface area contributed by atoms with E-state index in [1.165, 1.54) is 6.08 Å². The highest BCUT2D eigenvalue weighted by Crippen LogP contribution is 2.55. The van der Waals surface area contributed by atoms with Gasteiger partial charge in [-0.25, -0.2) is 19.7 Å². The number of esters is 1. The Bertz CT molecular complexity index is 1580. The van der Waals surface area contributed by atoms with Gasteiger partial charge in [-0.1, -0.05) is 35.3 Å². The zero-order valence-electron chi connectivity index (χ0n) is 26.2. The molecule has 1 saturated heterocycles. The third-order valence-electron chi connectivity index (χ3n) is 10.5. The van der Waals surface area contributed by atoms with Crippen LogP contribution in [-0.4, -0.2) is 62.2 Å². The monoisotopic (exact) mass is 648 g/mol. The van der Waals surface area contributed by atoms with E-state index in [-0.39, 0.29) is 17.0 Å². The highest BCUT2D eigenvalue weighted by molar-refractivity contribution is 6.42. The number of nitrogens with one attached hydrogen (secondary N) is 1. The molecule has 4 aliphatic carbocycles. The van der Waals surface area contributed by atoms with Gasteiger partial charge in [-0.3, -0.25) is 0 Å². The van der Waals surface area contributed by atoms with Crippen molar-refractivity contribution in [3.63, 3.8) is 0 Å². The largest absolute Gasteiger partial charge is 0.456 e. The molecule has 0 atom stereocenters. The Morgan fingerprint density at radius 3 is 2.42 bits per heavy atom. The molecule has 5 fully saturated rings. The number of fused-ring (bicyclic) bond motifs is 3. The predicted octanol–water partition coefficient (Wildman–Crippen LogP) is 7.91. The van der Waals surface area contributed by atoms with Crippen LogP contribution < -0.4 is 5.32 Å². The summed E-state index contributed by atoms with van der Waals surface area (Å²) in [6.07, 6.45) is 15.3. The summed E-state index contributed by atoms with van der Waals surface area (Å²) in [4.78, 5) is 30.0. The van der Waals surface area contributed by atoms with E-state index in [0.717, 1.165) is 112 Å². The minimum atomic E-state index is -0.339. The summed E-state index contributed by atoms with van der Waals surface area (Å²) < 4.78 is 8.56. The number of likely N-dealkylation sites (tertiary alicyclic amines) is 1. The summed E-state index contributed by atoms with van der Waals surface area (Å²) in [5, 5.41) is 4.52. The molecule has 0 unspecified atom stereocenters. The number of rotatable bonds is 9. The maximum atomic E-state index is 12.4. The van der Waals surface area contributed by atoms with Gasteiger partial charge in [0.2, 0.25) is 5.95 Å². The van der Waals surface area contributed by atoms with E-state index in [4.69, 9.17) is 37.9 Å². The second kappa shape index (κ2) is 12.3. The van der Waals surface area contributed by atoms with Crippen molar-refractivity contribution in [3.8, 4) is 22.6 Å². The van der Waals surface area contributed by atoms with Crippen molar-refractivity contribution in [1.82, 2.24) is 24.4 Å². The lowest BCUT2D eigenvalue weighted by atomic mass is 9.58. The Kier molecular flexibility index (Phi) is 8.42. The Hall–Kier alpha value is -2.94. The number of benzene rings is 1. The van der Waals surface area contributed by atoms with Gasteiger partial charge in [-0.05, 0) is 115 Å². The molecule has 5 aliphatic rings. The normalized spacial score (nSPS) is 25.6. The molecule has 4 saturated carbocycles. The second-order valence-corrected chi connectivity index (χ2v) is 14.6. The van der Waals surface area contributed by atoms with Crippen LogP contribution in [0, 0.1) is 5.41 Å². The Balaban J connectivity index is 1.32. The molecular formula is C35H42Cl2N6O2. The number of ether oxygens (including phenoxy) is 1. The van der Waals surface area contributed by atoms with E-state index < -0.39 is 0 Å². The van der Waals surface area contributed by atoms with Gasteiger partial charge in [0.15, 0.2) is 0 Å². The van der Waals surface area contributed by atoms with Gasteiger partial charge in [-0.15, -0.1) is 0 Å². The fourth-order valence-corrected chi connectivity index (χ4v) is 7.92. The number of carbonyl (C=O) groups excluding carboxylic acids is 1. The van der Waals surface area contributed by atoms with Crippen molar-refractivity contribution in [2.45, 2.75) is 95.2 Å². The fourth-order valence-electron chi connectivity index (χ4n) is 7.62. The topological polar surface area (TPSA) is 85.2 Å². The highest BCUT2D eigenvalue weighted by atomic mass is 35.5. The van der Waals surface area contributed by atoms with Crippen LogP contribution in [0.5, 0.6) is 0 Å². The Labute approximate surface area is 275 Å². The number of hydrogen-bond acceptors (Lipinski definition) is 7. The number of carbonyl (C=O) groups is 1. The number of piperidine rings is 1. The first-order chi connectivity index (χ1) is 21.8. The van der Waals surface area contributed by atoms with Crippen molar-refractivity contribution in [1.29, 1.82) is 0 Å². The van der Waals surface area contributed by atoms with Crippen LogP contribution in [0.1, 0.15) is 82.9 Å². The van der Waals surface area contributed by atoms with Crippen molar-refractivity contribution in [2.24, 2.45) is 5.41 Å². The molecule has 238 valence electrons. The van der Waals surface area contributed by atoms with E-state index in [2.05, 4.69) is 26.8 Å². The predicted molar refractivity (Wildman–Crippen MR) is 179 cm³/mol. The number of hydrogen-bond donors (Lipinski definition) is 1. The molecule has 10 heteroatoms. The quantitative estimate of drug-likeness (QED) is 0.186. The lowest BCUT2D eigenvalue weighted by Crippen LogP contribution is -2.50. The second-order valence-electron chi connectivity index (χ2n) is 13.7. The van der Waals surface area contributed by atoms with E-state index in [1.54, 1.807) is 6.08 Å². The third-order valence-corrected chi connectivity index (χ3v) is 11.3. The summed E-state index contributed by atoms with van der Waals surface area (Å²) in [6, 6.07) is 8.25. The van der Waals surface area contributed by atoms with Crippen molar-refractivity contribution in [3.05, 3.63) is 58.5 Å². The minimum absolute atomic E-state index is 0.0987. The Morgan fingerprint density at radius 1 is 1.02 bits per heavy atom. The van der Waals surface area contributed by atoms with Gasteiger partial charge in [0.05, 0.1) is 27.1 Å². The number of nitrogens with zero attached hydrogens (tertiary/aromatic N) is 5. The molecule has 1 aromatic carbocycles. The summed E-state index contributed by atoms with van der Waals surface area (Å²) in [7, 11) is 2.20. The van der Waals surface area contributed by atoms with Crippen molar-refractivity contribution in [2.75, 3.05) is 25.5 Å². The molecular weight excluding hydrogens is 607 g/mol. The first-order valence-electron chi connectivity index (χ1n) is 16.5. The van der Waals surface area contributed by atoms with Crippen LogP contribution >= 0.6 is 23.2 Å². The average Bonchev–Trinajstić information content (AvgIpc) is 3.78. The summed E-state index contributed by atoms with van der Waals surface area (Å²) in [5.41, 5.74) is 3.45. The van der Waals surface area contributed by atoms with Gasteiger partial charge in [-0.2, -0.15) is 0 Å². The maximum Gasteiger partial charge on any atom is 0.330 e. The van der Waals surface area contributed by atoms with Crippen LogP contribution in [-0.2, 0) is 16.1 Å². The minimum Gasteiger partial charge on any atom is -0.456 e. The molecule has 8 rings (SSSR count). The molecule has 1 N–H and O–H groups in total. The van der Waals surface area contributed by atoms with Crippen molar-refractivity contribution >= 4 is 35.1 Å². The van der Waals surface area contributed by atoms with Gasteiger partial charge in [0.1, 0.15) is 11.4 Å². The van der Waals surface area contributed by atoms with Crippen molar-refractivity contribution < 1.29 is 9.53 Å². The fraction of sp³-hybridized carbons (Fsp3) is 0.543. The van der Waals surface area contributed by atoms with E-state index in [9.17, 15) is 4.79 Å². The summed E-state index contributed by atoms with van der Waals surface area (Å²) in [6.45, 7) is 4.80. The molecule has 45 heavy (non-hydrogen) atoms. The number of halogens is 2. The molecule has 0 amide bonds. The van der Waals surface area contributed by atoms with Crippen LogP contribution in [0.15, 0.2) is 42.6 Å².